The smallest absolute Gasteiger partial charge is 0.339 e. The van der Waals surface area contributed by atoms with Crippen molar-refractivity contribution in [3.8, 4) is 0 Å². The van der Waals surface area contributed by atoms with Crippen LogP contribution >= 0.6 is 0 Å². The molecule has 0 aliphatic heterocycles. The zero-order chi connectivity index (χ0) is 15.5. The molecular weight excluding hydrogens is 292 g/mol. The van der Waals surface area contributed by atoms with Crippen molar-refractivity contribution in [3.63, 3.8) is 0 Å². The van der Waals surface area contributed by atoms with Gasteiger partial charge in [0, 0.05) is 11.4 Å². The number of rotatable bonds is 4. The van der Waals surface area contributed by atoms with Crippen LogP contribution < -0.4 is 10.5 Å². The van der Waals surface area contributed by atoms with Crippen LogP contribution in [0.2, 0.25) is 0 Å². The van der Waals surface area contributed by atoms with Gasteiger partial charge in [0.2, 0.25) is 0 Å². The fourth-order valence-electron chi connectivity index (χ4n) is 1.77. The minimum absolute atomic E-state index is 0.110. The van der Waals surface area contributed by atoms with Gasteiger partial charge in [0.25, 0.3) is 10.0 Å². The lowest BCUT2D eigenvalue weighted by atomic mass is 10.2. The maximum absolute atomic E-state index is 12.4. The van der Waals surface area contributed by atoms with Crippen LogP contribution in [0.4, 0.5) is 11.4 Å². The molecule has 0 bridgehead atoms. The number of hydrogen-bond donors (Lipinski definition) is 2. The molecule has 0 unspecified atom stereocenters. The number of anilines is 2. The molecule has 2 aromatic rings. The summed E-state index contributed by atoms with van der Waals surface area (Å²) in [5, 5.41) is 0. The van der Waals surface area contributed by atoms with Crippen LogP contribution in [0.3, 0.4) is 0 Å². The van der Waals surface area contributed by atoms with Crippen molar-refractivity contribution in [2.45, 2.75) is 4.90 Å². The maximum Gasteiger partial charge on any atom is 0.339 e. The number of ether oxygens (including phenoxy) is 1. The van der Waals surface area contributed by atoms with Gasteiger partial charge in [-0.2, -0.15) is 0 Å². The molecule has 0 saturated heterocycles. The van der Waals surface area contributed by atoms with Crippen LogP contribution in [0.25, 0.3) is 0 Å². The third-order valence-corrected chi connectivity index (χ3v) is 4.16. The predicted molar refractivity (Wildman–Crippen MR) is 79.4 cm³/mol. The first kappa shape index (κ1) is 14.9. The van der Waals surface area contributed by atoms with Gasteiger partial charge in [-0.25, -0.2) is 13.2 Å². The van der Waals surface area contributed by atoms with Crippen molar-refractivity contribution in [1.29, 1.82) is 0 Å². The van der Waals surface area contributed by atoms with E-state index in [9.17, 15) is 13.2 Å². The molecule has 21 heavy (non-hydrogen) atoms. The number of carbonyl (C=O) groups is 1. The molecule has 0 atom stereocenters. The summed E-state index contributed by atoms with van der Waals surface area (Å²) in [6, 6.07) is 12.3. The topological polar surface area (TPSA) is 98.5 Å². The van der Waals surface area contributed by atoms with E-state index in [-0.39, 0.29) is 16.1 Å². The number of benzene rings is 2. The number of sulfonamides is 1. The molecule has 0 saturated carbocycles. The molecule has 0 fully saturated rings. The molecule has 2 aromatic carbocycles. The Kier molecular flexibility index (Phi) is 4.13. The van der Waals surface area contributed by atoms with Crippen molar-refractivity contribution >= 4 is 27.4 Å². The highest BCUT2D eigenvalue weighted by atomic mass is 32.2. The van der Waals surface area contributed by atoms with Gasteiger partial charge >= 0.3 is 5.97 Å². The number of nitrogens with two attached hydrogens (primary N) is 1. The molecule has 0 radical (unpaired) electrons. The second-order valence-electron chi connectivity index (χ2n) is 4.22. The molecule has 6 nitrogen and oxygen atoms in total. The molecule has 2 rings (SSSR count). The van der Waals surface area contributed by atoms with E-state index in [2.05, 4.69) is 9.46 Å². The standard InChI is InChI=1S/C14H14N2O4S/c1-20-14(17)12-9-10(15)7-8-13(12)21(18,19)16-11-5-3-2-4-6-11/h2-9,16H,15H2,1H3. The van der Waals surface area contributed by atoms with E-state index in [1.54, 1.807) is 30.3 Å². The minimum atomic E-state index is -3.92. The first-order valence-corrected chi connectivity index (χ1v) is 7.48. The molecule has 3 N–H and O–H groups in total. The van der Waals surface area contributed by atoms with Crippen molar-refractivity contribution in [1.82, 2.24) is 0 Å². The average Bonchev–Trinajstić information content (AvgIpc) is 2.46. The van der Waals surface area contributed by atoms with Crippen LogP contribution in [-0.2, 0) is 14.8 Å². The fourth-order valence-corrected chi connectivity index (χ4v) is 3.00. The number of esters is 1. The van der Waals surface area contributed by atoms with Crippen LogP contribution in [0.1, 0.15) is 10.4 Å². The zero-order valence-corrected chi connectivity index (χ0v) is 12.1. The Morgan fingerprint density at radius 3 is 2.43 bits per heavy atom. The highest BCUT2D eigenvalue weighted by Crippen LogP contribution is 2.22. The normalized spacial score (nSPS) is 10.9. The first-order chi connectivity index (χ1) is 9.94. The Bertz CT molecular complexity index is 758. The third kappa shape index (κ3) is 3.32. The summed E-state index contributed by atoms with van der Waals surface area (Å²) in [4.78, 5) is 11.5. The quantitative estimate of drug-likeness (QED) is 0.663. The van der Waals surface area contributed by atoms with Gasteiger partial charge < -0.3 is 10.5 Å². The van der Waals surface area contributed by atoms with E-state index in [0.717, 1.165) is 0 Å². The summed E-state index contributed by atoms with van der Waals surface area (Å²) in [5.74, 6) is -0.768. The lowest BCUT2D eigenvalue weighted by molar-refractivity contribution is 0.0596. The summed E-state index contributed by atoms with van der Waals surface area (Å²) in [7, 11) is -2.75. The summed E-state index contributed by atoms with van der Waals surface area (Å²) in [5.41, 5.74) is 6.15. The fraction of sp³-hybridized carbons (Fsp3) is 0.0714. The Hall–Kier alpha value is -2.54. The number of hydrogen-bond acceptors (Lipinski definition) is 5. The van der Waals surface area contributed by atoms with Gasteiger partial charge in [0.05, 0.1) is 12.7 Å². The summed E-state index contributed by atoms with van der Waals surface area (Å²) in [6.07, 6.45) is 0. The van der Waals surface area contributed by atoms with Crippen molar-refractivity contribution < 1.29 is 17.9 Å². The SMILES string of the molecule is COC(=O)c1cc(N)ccc1S(=O)(=O)Nc1ccccc1. The minimum Gasteiger partial charge on any atom is -0.465 e. The van der Waals surface area contributed by atoms with E-state index < -0.39 is 16.0 Å². The highest BCUT2D eigenvalue weighted by Gasteiger charge is 2.23. The lowest BCUT2D eigenvalue weighted by Gasteiger charge is -2.11. The van der Waals surface area contributed by atoms with Gasteiger partial charge in [0.1, 0.15) is 4.90 Å². The number of nitrogens with one attached hydrogen (secondary N) is 1. The molecule has 0 heterocycles. The van der Waals surface area contributed by atoms with E-state index in [0.29, 0.717) is 5.69 Å². The number of nitrogen functional groups attached to an aromatic ring is 1. The van der Waals surface area contributed by atoms with Gasteiger partial charge in [-0.15, -0.1) is 0 Å². The Balaban J connectivity index is 2.47. The van der Waals surface area contributed by atoms with Gasteiger partial charge in [-0.3, -0.25) is 4.72 Å². The summed E-state index contributed by atoms with van der Waals surface area (Å²) >= 11 is 0. The van der Waals surface area contributed by atoms with E-state index in [1.807, 2.05) is 0 Å². The third-order valence-electron chi connectivity index (χ3n) is 2.72. The Labute approximate surface area is 122 Å². The average molecular weight is 306 g/mol. The maximum atomic E-state index is 12.4. The molecule has 110 valence electrons. The number of carbonyl (C=O) groups excluding carboxylic acids is 1. The van der Waals surface area contributed by atoms with Gasteiger partial charge in [-0.1, -0.05) is 18.2 Å². The van der Waals surface area contributed by atoms with Crippen molar-refractivity contribution in [3.05, 3.63) is 54.1 Å². The summed E-state index contributed by atoms with van der Waals surface area (Å²) < 4.78 is 31.8. The highest BCUT2D eigenvalue weighted by molar-refractivity contribution is 7.92. The molecule has 0 aliphatic carbocycles. The van der Waals surface area contributed by atoms with Crippen LogP contribution in [0, 0.1) is 0 Å². The van der Waals surface area contributed by atoms with Crippen molar-refractivity contribution in [2.75, 3.05) is 17.6 Å². The van der Waals surface area contributed by atoms with Gasteiger partial charge in [0.15, 0.2) is 0 Å². The van der Waals surface area contributed by atoms with Crippen LogP contribution in [-0.4, -0.2) is 21.5 Å². The monoisotopic (exact) mass is 306 g/mol. The molecule has 0 amide bonds. The lowest BCUT2D eigenvalue weighted by Crippen LogP contribution is -2.17. The van der Waals surface area contributed by atoms with Crippen LogP contribution in [0.15, 0.2) is 53.4 Å². The molecule has 7 heteroatoms. The van der Waals surface area contributed by atoms with E-state index in [4.69, 9.17) is 5.73 Å². The molecular formula is C14H14N2O4S. The Morgan fingerprint density at radius 1 is 1.14 bits per heavy atom. The first-order valence-electron chi connectivity index (χ1n) is 6.00. The second-order valence-corrected chi connectivity index (χ2v) is 5.87. The second kappa shape index (κ2) is 5.84. The largest absolute Gasteiger partial charge is 0.465 e. The number of methoxy groups -OCH3 is 1. The predicted octanol–water partition coefficient (Wildman–Crippen LogP) is 1.86. The zero-order valence-electron chi connectivity index (χ0n) is 11.2. The Morgan fingerprint density at radius 2 is 1.81 bits per heavy atom. The number of para-hydroxylation sites is 1. The molecule has 0 aromatic heterocycles. The van der Waals surface area contributed by atoms with Crippen molar-refractivity contribution in [2.24, 2.45) is 0 Å². The molecule has 0 spiro atoms. The molecule has 0 aliphatic rings. The summed E-state index contributed by atoms with van der Waals surface area (Å²) in [6.45, 7) is 0. The van der Waals surface area contributed by atoms with Crippen LogP contribution in [0.5, 0.6) is 0 Å². The van der Waals surface area contributed by atoms with Gasteiger partial charge in [-0.05, 0) is 30.3 Å². The van der Waals surface area contributed by atoms with E-state index in [1.165, 1.54) is 25.3 Å². The van der Waals surface area contributed by atoms with E-state index >= 15 is 0 Å².